The SMILES string of the molecule is CCC(CC)OC(=O)C(C)OC(=O)c1ccc(O)cc1. The topological polar surface area (TPSA) is 72.8 Å². The van der Waals surface area contributed by atoms with Gasteiger partial charge in [-0.25, -0.2) is 9.59 Å². The van der Waals surface area contributed by atoms with E-state index < -0.39 is 18.0 Å². The van der Waals surface area contributed by atoms with E-state index in [1.807, 2.05) is 13.8 Å². The van der Waals surface area contributed by atoms with E-state index in [2.05, 4.69) is 0 Å². The summed E-state index contributed by atoms with van der Waals surface area (Å²) in [5, 5.41) is 9.14. The lowest BCUT2D eigenvalue weighted by Crippen LogP contribution is -2.29. The van der Waals surface area contributed by atoms with Crippen molar-refractivity contribution in [1.82, 2.24) is 0 Å². The molecule has 1 unspecified atom stereocenters. The molecule has 0 radical (unpaired) electrons. The first-order valence-corrected chi connectivity index (χ1v) is 6.68. The zero-order valence-electron chi connectivity index (χ0n) is 12.0. The van der Waals surface area contributed by atoms with Crippen molar-refractivity contribution in [2.24, 2.45) is 0 Å². The smallest absolute Gasteiger partial charge is 0.347 e. The van der Waals surface area contributed by atoms with E-state index in [0.717, 1.165) is 12.8 Å². The minimum Gasteiger partial charge on any atom is -0.508 e. The fourth-order valence-electron chi connectivity index (χ4n) is 1.59. The summed E-state index contributed by atoms with van der Waals surface area (Å²) >= 11 is 0. The Balaban J connectivity index is 2.56. The van der Waals surface area contributed by atoms with Gasteiger partial charge >= 0.3 is 11.9 Å². The van der Waals surface area contributed by atoms with Crippen molar-refractivity contribution in [2.75, 3.05) is 0 Å². The third-order valence-electron chi connectivity index (χ3n) is 2.91. The molecular formula is C15H20O5. The van der Waals surface area contributed by atoms with Gasteiger partial charge in [0.1, 0.15) is 11.9 Å². The molecule has 0 bridgehead atoms. The van der Waals surface area contributed by atoms with Crippen LogP contribution in [0.1, 0.15) is 44.0 Å². The maximum absolute atomic E-state index is 11.8. The van der Waals surface area contributed by atoms with Gasteiger partial charge in [-0.1, -0.05) is 13.8 Å². The maximum Gasteiger partial charge on any atom is 0.347 e. The van der Waals surface area contributed by atoms with E-state index >= 15 is 0 Å². The average molecular weight is 280 g/mol. The lowest BCUT2D eigenvalue weighted by molar-refractivity contribution is -0.158. The van der Waals surface area contributed by atoms with Crippen LogP contribution in [0.2, 0.25) is 0 Å². The monoisotopic (exact) mass is 280 g/mol. The van der Waals surface area contributed by atoms with Crippen molar-refractivity contribution in [1.29, 1.82) is 0 Å². The second kappa shape index (κ2) is 7.53. The van der Waals surface area contributed by atoms with Gasteiger partial charge in [-0.15, -0.1) is 0 Å². The lowest BCUT2D eigenvalue weighted by atomic mass is 10.2. The maximum atomic E-state index is 11.8. The Morgan fingerprint density at radius 2 is 1.65 bits per heavy atom. The highest BCUT2D eigenvalue weighted by molar-refractivity contribution is 5.91. The number of hydrogen-bond acceptors (Lipinski definition) is 5. The normalized spacial score (nSPS) is 12.0. The van der Waals surface area contributed by atoms with Gasteiger partial charge in [-0.3, -0.25) is 0 Å². The van der Waals surface area contributed by atoms with E-state index in [9.17, 15) is 9.59 Å². The molecule has 0 aliphatic heterocycles. The Hall–Kier alpha value is -2.04. The molecule has 1 rings (SSSR count). The summed E-state index contributed by atoms with van der Waals surface area (Å²) in [6, 6.07) is 5.61. The summed E-state index contributed by atoms with van der Waals surface area (Å²) in [6.07, 6.45) is 0.330. The van der Waals surface area contributed by atoms with Gasteiger partial charge in [0.2, 0.25) is 0 Å². The highest BCUT2D eigenvalue weighted by atomic mass is 16.6. The molecule has 0 aliphatic carbocycles. The van der Waals surface area contributed by atoms with Crippen molar-refractivity contribution in [3.05, 3.63) is 29.8 Å². The number of phenols is 1. The molecule has 1 atom stereocenters. The van der Waals surface area contributed by atoms with Crippen molar-refractivity contribution in [3.8, 4) is 5.75 Å². The van der Waals surface area contributed by atoms with Gasteiger partial charge in [0, 0.05) is 0 Å². The first kappa shape index (κ1) is 16.0. The number of carbonyl (C=O) groups is 2. The molecule has 20 heavy (non-hydrogen) atoms. The number of hydrogen-bond donors (Lipinski definition) is 1. The van der Waals surface area contributed by atoms with E-state index in [1.54, 1.807) is 0 Å². The quantitative estimate of drug-likeness (QED) is 0.811. The van der Waals surface area contributed by atoms with Gasteiger partial charge < -0.3 is 14.6 Å². The van der Waals surface area contributed by atoms with Crippen molar-refractivity contribution in [3.63, 3.8) is 0 Å². The van der Waals surface area contributed by atoms with Crippen LogP contribution in [0.3, 0.4) is 0 Å². The van der Waals surface area contributed by atoms with E-state index in [-0.39, 0.29) is 17.4 Å². The van der Waals surface area contributed by atoms with Crippen LogP contribution in [-0.2, 0) is 14.3 Å². The molecule has 5 nitrogen and oxygen atoms in total. The molecule has 0 aromatic heterocycles. The summed E-state index contributed by atoms with van der Waals surface area (Å²) in [5.41, 5.74) is 0.269. The fourth-order valence-corrected chi connectivity index (χ4v) is 1.59. The van der Waals surface area contributed by atoms with Gasteiger partial charge in [0.25, 0.3) is 0 Å². The van der Waals surface area contributed by atoms with E-state index in [0.29, 0.717) is 0 Å². The van der Waals surface area contributed by atoms with Crippen LogP contribution in [-0.4, -0.2) is 29.3 Å². The molecule has 0 saturated carbocycles. The van der Waals surface area contributed by atoms with Crippen LogP contribution in [0, 0.1) is 0 Å². The third kappa shape index (κ3) is 4.57. The van der Waals surface area contributed by atoms with Crippen molar-refractivity contribution in [2.45, 2.75) is 45.8 Å². The predicted molar refractivity (Wildman–Crippen MR) is 73.4 cm³/mol. The fraction of sp³-hybridized carbons (Fsp3) is 0.467. The van der Waals surface area contributed by atoms with Crippen LogP contribution in [0.4, 0.5) is 0 Å². The summed E-state index contributed by atoms with van der Waals surface area (Å²) < 4.78 is 10.2. The van der Waals surface area contributed by atoms with Gasteiger partial charge in [0.15, 0.2) is 6.10 Å². The molecule has 1 N–H and O–H groups in total. The van der Waals surface area contributed by atoms with E-state index in [4.69, 9.17) is 14.6 Å². The van der Waals surface area contributed by atoms with Crippen LogP contribution in [0.15, 0.2) is 24.3 Å². The lowest BCUT2D eigenvalue weighted by Gasteiger charge is -2.17. The van der Waals surface area contributed by atoms with Gasteiger partial charge in [0.05, 0.1) is 5.56 Å². The molecule has 0 amide bonds. The largest absolute Gasteiger partial charge is 0.508 e. The molecule has 1 aromatic carbocycles. The minimum atomic E-state index is -0.961. The highest BCUT2D eigenvalue weighted by Crippen LogP contribution is 2.12. The second-order valence-corrected chi connectivity index (χ2v) is 4.47. The molecule has 0 spiro atoms. The number of rotatable bonds is 6. The number of aromatic hydroxyl groups is 1. The average Bonchev–Trinajstić information content (AvgIpc) is 2.44. The Morgan fingerprint density at radius 3 is 2.15 bits per heavy atom. The van der Waals surface area contributed by atoms with Crippen molar-refractivity contribution >= 4 is 11.9 Å². The molecule has 0 fully saturated rings. The standard InChI is InChI=1S/C15H20O5/c1-4-13(5-2)20-14(17)10(3)19-15(18)11-6-8-12(16)9-7-11/h6-10,13,16H,4-5H2,1-3H3. The highest BCUT2D eigenvalue weighted by Gasteiger charge is 2.22. The number of esters is 2. The summed E-state index contributed by atoms with van der Waals surface area (Å²) in [5.74, 6) is -1.12. The Labute approximate surface area is 118 Å². The number of ether oxygens (including phenoxy) is 2. The predicted octanol–water partition coefficient (Wildman–Crippen LogP) is 2.67. The van der Waals surface area contributed by atoms with Crippen LogP contribution >= 0.6 is 0 Å². The molecule has 5 heteroatoms. The molecular weight excluding hydrogens is 260 g/mol. The summed E-state index contributed by atoms with van der Waals surface area (Å²) in [4.78, 5) is 23.5. The molecule has 0 saturated heterocycles. The first-order valence-electron chi connectivity index (χ1n) is 6.68. The molecule has 1 aromatic rings. The molecule has 0 aliphatic rings. The Morgan fingerprint density at radius 1 is 1.10 bits per heavy atom. The van der Waals surface area contributed by atoms with E-state index in [1.165, 1.54) is 31.2 Å². The van der Waals surface area contributed by atoms with Gasteiger partial charge in [-0.2, -0.15) is 0 Å². The minimum absolute atomic E-state index is 0.0581. The third-order valence-corrected chi connectivity index (χ3v) is 2.91. The molecule has 0 heterocycles. The zero-order chi connectivity index (χ0) is 15.1. The number of carbonyl (C=O) groups excluding carboxylic acids is 2. The Kier molecular flexibility index (Phi) is 6.03. The first-order chi connectivity index (χ1) is 9.47. The van der Waals surface area contributed by atoms with Crippen LogP contribution in [0.5, 0.6) is 5.75 Å². The van der Waals surface area contributed by atoms with Crippen molar-refractivity contribution < 1.29 is 24.2 Å². The van der Waals surface area contributed by atoms with Crippen LogP contribution in [0.25, 0.3) is 0 Å². The summed E-state index contributed by atoms with van der Waals surface area (Å²) in [6.45, 7) is 5.33. The zero-order valence-corrected chi connectivity index (χ0v) is 12.0. The molecule has 110 valence electrons. The number of benzene rings is 1. The Bertz CT molecular complexity index is 448. The van der Waals surface area contributed by atoms with Gasteiger partial charge in [-0.05, 0) is 44.0 Å². The number of phenolic OH excluding ortho intramolecular Hbond substituents is 1. The summed E-state index contributed by atoms with van der Waals surface area (Å²) in [7, 11) is 0. The van der Waals surface area contributed by atoms with Crippen LogP contribution < -0.4 is 0 Å². The second-order valence-electron chi connectivity index (χ2n) is 4.47.